The first-order valence-corrected chi connectivity index (χ1v) is 9.21. The molecule has 1 atom stereocenters. The molecule has 2 aromatic carbocycles. The molecule has 0 spiro atoms. The summed E-state index contributed by atoms with van der Waals surface area (Å²) in [6.45, 7) is 5.06. The molecule has 0 aliphatic carbocycles. The lowest BCUT2D eigenvalue weighted by Gasteiger charge is -2.38. The molecule has 1 unspecified atom stereocenters. The minimum absolute atomic E-state index is 0.0307. The van der Waals surface area contributed by atoms with Gasteiger partial charge in [0.1, 0.15) is 5.69 Å². The fourth-order valence-electron chi connectivity index (χ4n) is 3.61. The van der Waals surface area contributed by atoms with Gasteiger partial charge in [0.05, 0.1) is 16.7 Å². The summed E-state index contributed by atoms with van der Waals surface area (Å²) in [5.74, 6) is 0.783. The molecule has 0 radical (unpaired) electrons. The van der Waals surface area contributed by atoms with E-state index in [9.17, 15) is 10.1 Å². The standard InChI is InChI=1S/C19H21N7O2/c1-15(19-20-21-22-25(19)16-7-3-2-4-8-16)23-11-13-24(14-12-23)17-9-5-6-10-18(17)26(27)28/h2-10,15H,11-14H2,1H3. The molecule has 1 saturated heterocycles. The van der Waals surface area contributed by atoms with Gasteiger partial charge in [-0.1, -0.05) is 30.3 Å². The molecule has 28 heavy (non-hydrogen) atoms. The molecule has 0 saturated carbocycles. The number of aromatic nitrogens is 4. The molecule has 1 aromatic heterocycles. The molecular weight excluding hydrogens is 358 g/mol. The van der Waals surface area contributed by atoms with Crippen LogP contribution < -0.4 is 4.90 Å². The zero-order valence-corrected chi connectivity index (χ0v) is 15.5. The third-order valence-electron chi connectivity index (χ3n) is 5.15. The number of nitro benzene ring substituents is 1. The van der Waals surface area contributed by atoms with Gasteiger partial charge in [0.15, 0.2) is 5.82 Å². The lowest BCUT2D eigenvalue weighted by atomic mass is 10.1. The number of nitro groups is 1. The highest BCUT2D eigenvalue weighted by molar-refractivity contribution is 5.63. The summed E-state index contributed by atoms with van der Waals surface area (Å²) >= 11 is 0. The lowest BCUT2D eigenvalue weighted by Crippen LogP contribution is -2.47. The van der Waals surface area contributed by atoms with Crippen molar-refractivity contribution in [1.29, 1.82) is 0 Å². The summed E-state index contributed by atoms with van der Waals surface area (Å²) < 4.78 is 1.76. The second kappa shape index (κ2) is 7.73. The summed E-state index contributed by atoms with van der Waals surface area (Å²) in [4.78, 5) is 15.4. The first kappa shape index (κ1) is 18.1. The first-order valence-electron chi connectivity index (χ1n) is 9.21. The molecule has 0 N–H and O–H groups in total. The monoisotopic (exact) mass is 379 g/mol. The Balaban J connectivity index is 1.48. The fourth-order valence-corrected chi connectivity index (χ4v) is 3.61. The normalized spacial score (nSPS) is 16.1. The van der Waals surface area contributed by atoms with E-state index in [-0.39, 0.29) is 16.7 Å². The minimum atomic E-state index is -0.321. The SMILES string of the molecule is CC(c1nnnn1-c1ccccc1)N1CCN(c2ccccc2[N+](=O)[O-])CC1. The number of benzene rings is 2. The van der Waals surface area contributed by atoms with Crippen LogP contribution in [0.5, 0.6) is 0 Å². The van der Waals surface area contributed by atoms with Crippen LogP contribution in [0.3, 0.4) is 0 Å². The molecule has 4 rings (SSSR count). The van der Waals surface area contributed by atoms with Gasteiger partial charge in [0, 0.05) is 32.2 Å². The van der Waals surface area contributed by atoms with Gasteiger partial charge in [-0.05, 0) is 35.5 Å². The predicted molar refractivity (Wildman–Crippen MR) is 104 cm³/mol. The second-order valence-electron chi connectivity index (χ2n) is 6.73. The molecule has 9 heteroatoms. The summed E-state index contributed by atoms with van der Waals surface area (Å²) in [5.41, 5.74) is 1.75. The van der Waals surface area contributed by atoms with E-state index in [2.05, 4.69) is 32.2 Å². The molecule has 1 aliphatic heterocycles. The molecule has 3 aromatic rings. The van der Waals surface area contributed by atoms with Crippen molar-refractivity contribution >= 4 is 11.4 Å². The van der Waals surface area contributed by atoms with Crippen molar-refractivity contribution in [3.8, 4) is 5.69 Å². The van der Waals surface area contributed by atoms with Gasteiger partial charge in [-0.25, -0.2) is 0 Å². The van der Waals surface area contributed by atoms with E-state index in [0.29, 0.717) is 18.8 Å². The van der Waals surface area contributed by atoms with Crippen LogP contribution in [0.1, 0.15) is 18.8 Å². The Hall–Kier alpha value is -3.33. The van der Waals surface area contributed by atoms with Gasteiger partial charge in [-0.15, -0.1) is 5.10 Å². The predicted octanol–water partition coefficient (Wildman–Crippen LogP) is 2.45. The molecular formula is C19H21N7O2. The van der Waals surface area contributed by atoms with E-state index >= 15 is 0 Å². The maximum Gasteiger partial charge on any atom is 0.292 e. The van der Waals surface area contributed by atoms with Gasteiger partial charge in [-0.2, -0.15) is 4.68 Å². The van der Waals surface area contributed by atoms with Crippen LogP contribution >= 0.6 is 0 Å². The van der Waals surface area contributed by atoms with Crippen LogP contribution in [-0.2, 0) is 0 Å². The summed E-state index contributed by atoms with van der Waals surface area (Å²) in [6.07, 6.45) is 0. The van der Waals surface area contributed by atoms with Gasteiger partial charge >= 0.3 is 0 Å². The maximum atomic E-state index is 11.3. The number of rotatable bonds is 5. The Bertz CT molecular complexity index is 952. The minimum Gasteiger partial charge on any atom is -0.363 e. The Morgan fingerprint density at radius 1 is 1.00 bits per heavy atom. The van der Waals surface area contributed by atoms with E-state index in [1.165, 1.54) is 0 Å². The molecule has 1 fully saturated rings. The van der Waals surface area contributed by atoms with Crippen LogP contribution in [0.15, 0.2) is 54.6 Å². The Kier molecular flexibility index (Phi) is 4.98. The third-order valence-corrected chi connectivity index (χ3v) is 5.15. The number of hydrogen-bond acceptors (Lipinski definition) is 7. The van der Waals surface area contributed by atoms with Gasteiger partial charge in [0.25, 0.3) is 5.69 Å². The highest BCUT2D eigenvalue weighted by Gasteiger charge is 2.28. The van der Waals surface area contributed by atoms with Gasteiger partial charge < -0.3 is 4.90 Å². The van der Waals surface area contributed by atoms with Crippen molar-refractivity contribution in [2.75, 3.05) is 31.1 Å². The number of nitrogens with zero attached hydrogens (tertiary/aromatic N) is 7. The summed E-state index contributed by atoms with van der Waals surface area (Å²) in [6, 6.07) is 16.7. The number of tetrazole rings is 1. The number of anilines is 1. The van der Waals surface area contributed by atoms with Crippen LogP contribution in [0.25, 0.3) is 5.69 Å². The Labute approximate surface area is 162 Å². The first-order chi connectivity index (χ1) is 13.6. The van der Waals surface area contributed by atoms with E-state index in [4.69, 9.17) is 0 Å². The van der Waals surface area contributed by atoms with Crippen molar-refractivity contribution in [2.45, 2.75) is 13.0 Å². The fraction of sp³-hybridized carbons (Fsp3) is 0.316. The van der Waals surface area contributed by atoms with E-state index in [1.54, 1.807) is 16.8 Å². The number of piperazine rings is 1. The highest BCUT2D eigenvalue weighted by atomic mass is 16.6. The van der Waals surface area contributed by atoms with E-state index in [0.717, 1.165) is 24.6 Å². The van der Waals surface area contributed by atoms with Crippen LogP contribution in [0.4, 0.5) is 11.4 Å². The summed E-state index contributed by atoms with van der Waals surface area (Å²) in [7, 11) is 0. The zero-order chi connectivity index (χ0) is 19.5. The average Bonchev–Trinajstić information content (AvgIpc) is 3.24. The molecule has 0 bridgehead atoms. The van der Waals surface area contributed by atoms with Crippen LogP contribution in [0.2, 0.25) is 0 Å². The zero-order valence-electron chi connectivity index (χ0n) is 15.5. The molecule has 9 nitrogen and oxygen atoms in total. The summed E-state index contributed by atoms with van der Waals surface area (Å²) in [5, 5.41) is 23.5. The molecule has 0 amide bonds. The van der Waals surface area contributed by atoms with E-state index < -0.39 is 0 Å². The second-order valence-corrected chi connectivity index (χ2v) is 6.73. The topological polar surface area (TPSA) is 93.2 Å². The average molecular weight is 379 g/mol. The molecule has 2 heterocycles. The molecule has 144 valence electrons. The highest BCUT2D eigenvalue weighted by Crippen LogP contribution is 2.30. The lowest BCUT2D eigenvalue weighted by molar-refractivity contribution is -0.384. The van der Waals surface area contributed by atoms with Crippen molar-refractivity contribution in [1.82, 2.24) is 25.1 Å². The van der Waals surface area contributed by atoms with Crippen molar-refractivity contribution in [3.63, 3.8) is 0 Å². The maximum absolute atomic E-state index is 11.3. The van der Waals surface area contributed by atoms with Crippen LogP contribution in [-0.4, -0.2) is 56.2 Å². The van der Waals surface area contributed by atoms with Gasteiger partial charge in [0.2, 0.25) is 0 Å². The van der Waals surface area contributed by atoms with Crippen molar-refractivity contribution < 1.29 is 4.92 Å². The quantitative estimate of drug-likeness (QED) is 0.496. The molecule has 1 aliphatic rings. The third kappa shape index (κ3) is 3.44. The van der Waals surface area contributed by atoms with E-state index in [1.807, 2.05) is 42.5 Å². The number of hydrogen-bond donors (Lipinski definition) is 0. The van der Waals surface area contributed by atoms with Crippen molar-refractivity contribution in [3.05, 3.63) is 70.5 Å². The smallest absolute Gasteiger partial charge is 0.292 e. The van der Waals surface area contributed by atoms with Crippen LogP contribution in [0, 0.1) is 10.1 Å². The largest absolute Gasteiger partial charge is 0.363 e. The number of para-hydroxylation sites is 3. The Morgan fingerprint density at radius 2 is 1.68 bits per heavy atom. The Morgan fingerprint density at radius 3 is 2.39 bits per heavy atom. The van der Waals surface area contributed by atoms with Gasteiger partial charge in [-0.3, -0.25) is 15.0 Å². The van der Waals surface area contributed by atoms with Crippen molar-refractivity contribution in [2.24, 2.45) is 0 Å².